The zero-order chi connectivity index (χ0) is 16.5. The molecule has 2 aromatic rings. The lowest BCUT2D eigenvalue weighted by Crippen LogP contribution is -2.28. The van der Waals surface area contributed by atoms with E-state index in [1.165, 1.54) is 12.1 Å². The van der Waals surface area contributed by atoms with Crippen molar-refractivity contribution in [2.75, 3.05) is 0 Å². The van der Waals surface area contributed by atoms with E-state index in [0.29, 0.717) is 5.56 Å². The minimum absolute atomic E-state index is 0.102. The van der Waals surface area contributed by atoms with Crippen LogP contribution < -0.4 is 4.72 Å². The summed E-state index contributed by atoms with van der Waals surface area (Å²) in [5.41, 5.74) is 3.48. The number of rotatable bonds is 4. The van der Waals surface area contributed by atoms with Crippen LogP contribution in [0.1, 0.15) is 35.2 Å². The van der Waals surface area contributed by atoms with Gasteiger partial charge in [-0.05, 0) is 62.6 Å². The minimum atomic E-state index is -3.70. The van der Waals surface area contributed by atoms with E-state index < -0.39 is 15.8 Å². The summed E-state index contributed by atoms with van der Waals surface area (Å²) < 4.78 is 40.8. The van der Waals surface area contributed by atoms with Crippen LogP contribution in [0.25, 0.3) is 0 Å². The lowest BCUT2D eigenvalue weighted by atomic mass is 10.0. The van der Waals surface area contributed by atoms with Gasteiger partial charge in [0.25, 0.3) is 0 Å². The molecule has 22 heavy (non-hydrogen) atoms. The van der Waals surface area contributed by atoms with Gasteiger partial charge in [-0.3, -0.25) is 0 Å². The molecular weight excluding hydrogens is 301 g/mol. The summed E-state index contributed by atoms with van der Waals surface area (Å²) in [7, 11) is -3.70. The smallest absolute Gasteiger partial charge is 0.207 e. The first-order valence-corrected chi connectivity index (χ1v) is 8.54. The molecule has 0 aliphatic carbocycles. The van der Waals surface area contributed by atoms with Gasteiger partial charge in [0, 0.05) is 6.04 Å². The Labute approximate surface area is 131 Å². The molecule has 0 amide bonds. The molecule has 0 saturated carbocycles. The summed E-state index contributed by atoms with van der Waals surface area (Å²) in [6.07, 6.45) is 0. The molecule has 0 spiro atoms. The van der Waals surface area contributed by atoms with E-state index in [1.54, 1.807) is 13.8 Å². The quantitative estimate of drug-likeness (QED) is 0.931. The van der Waals surface area contributed by atoms with Crippen LogP contribution in [0.2, 0.25) is 0 Å². The first-order chi connectivity index (χ1) is 10.2. The number of hydrogen-bond acceptors (Lipinski definition) is 2. The highest BCUT2D eigenvalue weighted by Crippen LogP contribution is 2.22. The van der Waals surface area contributed by atoms with Crippen LogP contribution in [0.3, 0.4) is 0 Å². The predicted molar refractivity (Wildman–Crippen MR) is 85.8 cm³/mol. The first-order valence-electron chi connectivity index (χ1n) is 7.06. The van der Waals surface area contributed by atoms with E-state index in [9.17, 15) is 12.8 Å². The maximum Gasteiger partial charge on any atom is 0.241 e. The summed E-state index contributed by atoms with van der Waals surface area (Å²) in [4.78, 5) is 0.102. The molecule has 0 fully saturated rings. The van der Waals surface area contributed by atoms with Gasteiger partial charge in [-0.1, -0.05) is 23.8 Å². The Morgan fingerprint density at radius 3 is 2.27 bits per heavy atom. The highest BCUT2D eigenvalue weighted by molar-refractivity contribution is 7.89. The van der Waals surface area contributed by atoms with Crippen molar-refractivity contribution in [3.05, 3.63) is 64.5 Å². The number of halogens is 1. The van der Waals surface area contributed by atoms with Gasteiger partial charge in [-0.15, -0.1) is 0 Å². The molecule has 0 aromatic heterocycles. The second-order valence-electron chi connectivity index (χ2n) is 5.61. The van der Waals surface area contributed by atoms with E-state index in [2.05, 4.69) is 4.72 Å². The third kappa shape index (κ3) is 3.54. The zero-order valence-corrected chi connectivity index (χ0v) is 14.0. The number of nitrogens with one attached hydrogen (secondary N) is 1. The molecule has 0 aliphatic rings. The molecule has 2 aromatic carbocycles. The van der Waals surface area contributed by atoms with Gasteiger partial charge in [0.05, 0.1) is 4.90 Å². The molecule has 3 nitrogen and oxygen atoms in total. The minimum Gasteiger partial charge on any atom is -0.207 e. The molecule has 0 radical (unpaired) electrons. The average Bonchev–Trinajstić information content (AvgIpc) is 2.37. The van der Waals surface area contributed by atoms with Gasteiger partial charge in [0.15, 0.2) is 0 Å². The normalized spacial score (nSPS) is 13.1. The van der Waals surface area contributed by atoms with E-state index in [1.807, 2.05) is 32.0 Å². The Kier molecular flexibility index (Phi) is 4.68. The molecule has 1 N–H and O–H groups in total. The molecule has 0 heterocycles. The molecule has 118 valence electrons. The van der Waals surface area contributed by atoms with Crippen molar-refractivity contribution in [2.45, 2.75) is 38.6 Å². The fourth-order valence-electron chi connectivity index (χ4n) is 2.59. The zero-order valence-electron chi connectivity index (χ0n) is 13.1. The van der Waals surface area contributed by atoms with Crippen LogP contribution in [0.15, 0.2) is 41.3 Å². The van der Waals surface area contributed by atoms with E-state index in [-0.39, 0.29) is 10.9 Å². The number of hydrogen-bond donors (Lipinski definition) is 1. The van der Waals surface area contributed by atoms with Crippen molar-refractivity contribution in [3.8, 4) is 0 Å². The van der Waals surface area contributed by atoms with Crippen molar-refractivity contribution in [1.29, 1.82) is 0 Å². The van der Waals surface area contributed by atoms with Crippen molar-refractivity contribution in [2.24, 2.45) is 0 Å². The second-order valence-corrected chi connectivity index (χ2v) is 7.30. The highest BCUT2D eigenvalue weighted by Gasteiger charge is 2.21. The van der Waals surface area contributed by atoms with Gasteiger partial charge in [-0.2, -0.15) is 0 Å². The molecule has 0 saturated heterocycles. The largest absolute Gasteiger partial charge is 0.241 e. The maximum absolute atomic E-state index is 13.1. The van der Waals surface area contributed by atoms with E-state index >= 15 is 0 Å². The summed E-state index contributed by atoms with van der Waals surface area (Å²) in [6.45, 7) is 7.33. The van der Waals surface area contributed by atoms with Crippen LogP contribution >= 0.6 is 0 Å². The molecule has 1 unspecified atom stereocenters. The van der Waals surface area contributed by atoms with Crippen molar-refractivity contribution >= 4 is 10.0 Å². The fourth-order valence-corrected chi connectivity index (χ4v) is 4.03. The predicted octanol–water partition coefficient (Wildman–Crippen LogP) is 3.79. The van der Waals surface area contributed by atoms with E-state index in [0.717, 1.165) is 22.8 Å². The molecule has 0 bridgehead atoms. The Morgan fingerprint density at radius 1 is 1.00 bits per heavy atom. The van der Waals surface area contributed by atoms with Crippen LogP contribution in [-0.2, 0) is 10.0 Å². The fraction of sp³-hybridized carbons (Fsp3) is 0.294. The van der Waals surface area contributed by atoms with Crippen LogP contribution in [0, 0.1) is 26.6 Å². The maximum atomic E-state index is 13.1. The molecular formula is C17H20FNO2S. The Morgan fingerprint density at radius 2 is 1.68 bits per heavy atom. The Balaban J connectivity index is 2.31. The van der Waals surface area contributed by atoms with Crippen molar-refractivity contribution in [1.82, 2.24) is 4.72 Å². The molecule has 5 heteroatoms. The van der Waals surface area contributed by atoms with Crippen LogP contribution in [0.4, 0.5) is 4.39 Å². The monoisotopic (exact) mass is 321 g/mol. The lowest BCUT2D eigenvalue weighted by molar-refractivity contribution is 0.565. The Hall–Kier alpha value is -1.72. The number of benzene rings is 2. The lowest BCUT2D eigenvalue weighted by Gasteiger charge is -2.18. The molecule has 2 rings (SSSR count). The summed E-state index contributed by atoms with van der Waals surface area (Å²) >= 11 is 0. The number of sulfonamides is 1. The molecule has 0 aliphatic heterocycles. The second kappa shape index (κ2) is 6.18. The van der Waals surface area contributed by atoms with Crippen molar-refractivity contribution < 1.29 is 12.8 Å². The summed E-state index contributed by atoms with van der Waals surface area (Å²) in [5.74, 6) is -0.445. The number of aryl methyl sites for hydroxylation is 3. The summed E-state index contributed by atoms with van der Waals surface area (Å²) in [6, 6.07) is 9.20. The van der Waals surface area contributed by atoms with Crippen molar-refractivity contribution in [3.63, 3.8) is 0 Å². The van der Waals surface area contributed by atoms with Gasteiger partial charge >= 0.3 is 0 Å². The summed E-state index contributed by atoms with van der Waals surface area (Å²) in [5, 5.41) is 0. The van der Waals surface area contributed by atoms with Crippen LogP contribution in [-0.4, -0.2) is 8.42 Å². The topological polar surface area (TPSA) is 46.2 Å². The SMILES string of the molecule is Cc1ccc(C(C)NS(=O)(=O)c2ccc(F)cc2C)c(C)c1. The van der Waals surface area contributed by atoms with E-state index in [4.69, 9.17) is 0 Å². The standard InChI is InChI=1S/C17H20FNO2S/c1-11-5-7-16(12(2)9-11)14(4)19-22(20,21)17-8-6-15(18)10-13(17)3/h5-10,14,19H,1-4H3. The average molecular weight is 321 g/mol. The third-order valence-electron chi connectivity index (χ3n) is 3.65. The van der Waals surface area contributed by atoms with Crippen LogP contribution in [0.5, 0.6) is 0 Å². The van der Waals surface area contributed by atoms with Gasteiger partial charge in [-0.25, -0.2) is 17.5 Å². The van der Waals surface area contributed by atoms with Gasteiger partial charge < -0.3 is 0 Å². The first kappa shape index (κ1) is 16.6. The van der Waals surface area contributed by atoms with Gasteiger partial charge in [0.1, 0.15) is 5.82 Å². The molecule has 1 atom stereocenters. The van der Waals surface area contributed by atoms with Gasteiger partial charge in [0.2, 0.25) is 10.0 Å². The highest BCUT2D eigenvalue weighted by atomic mass is 32.2. The Bertz CT molecular complexity index is 800. The third-order valence-corrected chi connectivity index (χ3v) is 5.35.